The van der Waals surface area contributed by atoms with Gasteiger partial charge >= 0.3 is 0 Å². The second-order valence-corrected chi connectivity index (χ2v) is 7.38. The predicted molar refractivity (Wildman–Crippen MR) is 71.5 cm³/mol. The van der Waals surface area contributed by atoms with Gasteiger partial charge in [-0.1, -0.05) is 20.3 Å². The van der Waals surface area contributed by atoms with Crippen LogP contribution in [0.5, 0.6) is 0 Å². The van der Waals surface area contributed by atoms with E-state index in [4.69, 9.17) is 0 Å². The molecule has 1 fully saturated rings. The highest BCUT2D eigenvalue weighted by Gasteiger charge is 2.33. The van der Waals surface area contributed by atoms with Crippen LogP contribution < -0.4 is 5.32 Å². The maximum absolute atomic E-state index is 12.3. The number of sulfonamides is 1. The molecule has 0 aromatic rings. The number of hydrogen-bond acceptors (Lipinski definition) is 3. The van der Waals surface area contributed by atoms with Crippen molar-refractivity contribution in [2.45, 2.75) is 65.1 Å². The lowest BCUT2D eigenvalue weighted by Crippen LogP contribution is -2.49. The van der Waals surface area contributed by atoms with Gasteiger partial charge < -0.3 is 5.32 Å². The SMILES string of the molecule is CC(C)NCCS(=O)(=O)N1[C@H](C)CCC[C@@H]1C. The highest BCUT2D eigenvalue weighted by atomic mass is 32.2. The van der Waals surface area contributed by atoms with E-state index in [1.165, 1.54) is 0 Å². The van der Waals surface area contributed by atoms with Crippen molar-refractivity contribution in [2.24, 2.45) is 0 Å². The normalized spacial score (nSPS) is 27.6. The highest BCUT2D eigenvalue weighted by molar-refractivity contribution is 7.89. The van der Waals surface area contributed by atoms with Gasteiger partial charge in [-0.15, -0.1) is 0 Å². The molecule has 0 bridgehead atoms. The summed E-state index contributed by atoms with van der Waals surface area (Å²) in [6, 6.07) is 0.645. The van der Waals surface area contributed by atoms with Gasteiger partial charge in [-0.25, -0.2) is 8.42 Å². The van der Waals surface area contributed by atoms with Gasteiger partial charge in [0.2, 0.25) is 10.0 Å². The molecule has 1 aliphatic heterocycles. The van der Waals surface area contributed by atoms with Crippen molar-refractivity contribution in [3.8, 4) is 0 Å². The fraction of sp³-hybridized carbons (Fsp3) is 1.00. The van der Waals surface area contributed by atoms with Crippen molar-refractivity contribution in [1.82, 2.24) is 9.62 Å². The Morgan fingerprint density at radius 2 is 1.76 bits per heavy atom. The Labute approximate surface area is 106 Å². The summed E-state index contributed by atoms with van der Waals surface area (Å²) in [4.78, 5) is 0. The van der Waals surface area contributed by atoms with Gasteiger partial charge in [-0.3, -0.25) is 0 Å². The molecular formula is C12H26N2O2S. The summed E-state index contributed by atoms with van der Waals surface area (Å²) >= 11 is 0. The molecule has 1 saturated heterocycles. The first-order valence-corrected chi connectivity index (χ1v) is 8.20. The first kappa shape index (κ1) is 14.9. The molecule has 1 N–H and O–H groups in total. The van der Waals surface area contributed by atoms with E-state index >= 15 is 0 Å². The Kier molecular flexibility index (Phi) is 5.41. The molecule has 4 nitrogen and oxygen atoms in total. The second kappa shape index (κ2) is 6.16. The van der Waals surface area contributed by atoms with Crippen LogP contribution in [-0.4, -0.2) is 43.1 Å². The first-order valence-electron chi connectivity index (χ1n) is 6.59. The molecule has 0 radical (unpaired) electrons. The zero-order chi connectivity index (χ0) is 13.1. The summed E-state index contributed by atoms with van der Waals surface area (Å²) in [6.07, 6.45) is 3.11. The Morgan fingerprint density at radius 1 is 1.24 bits per heavy atom. The lowest BCUT2D eigenvalue weighted by Gasteiger charge is -2.37. The van der Waals surface area contributed by atoms with Crippen LogP contribution in [0.25, 0.3) is 0 Å². The number of piperidine rings is 1. The van der Waals surface area contributed by atoms with Crippen LogP contribution in [0.3, 0.4) is 0 Å². The third-order valence-corrected chi connectivity index (χ3v) is 5.43. The Bertz CT molecular complexity index is 317. The van der Waals surface area contributed by atoms with Crippen LogP contribution in [0.1, 0.15) is 47.0 Å². The van der Waals surface area contributed by atoms with Gasteiger partial charge in [0, 0.05) is 24.7 Å². The third-order valence-electron chi connectivity index (χ3n) is 3.35. The van der Waals surface area contributed by atoms with Gasteiger partial charge in [0.05, 0.1) is 5.75 Å². The van der Waals surface area contributed by atoms with Crippen molar-refractivity contribution in [3.63, 3.8) is 0 Å². The molecule has 5 heteroatoms. The molecule has 17 heavy (non-hydrogen) atoms. The Hall–Kier alpha value is -0.130. The lowest BCUT2D eigenvalue weighted by atomic mass is 10.0. The maximum Gasteiger partial charge on any atom is 0.215 e. The average molecular weight is 262 g/mol. The van der Waals surface area contributed by atoms with Crippen LogP contribution in [-0.2, 0) is 10.0 Å². The number of hydrogen-bond donors (Lipinski definition) is 1. The average Bonchev–Trinajstić information content (AvgIpc) is 2.15. The summed E-state index contributed by atoms with van der Waals surface area (Å²) < 4.78 is 26.3. The molecule has 1 heterocycles. The zero-order valence-corrected chi connectivity index (χ0v) is 12.3. The molecule has 2 atom stereocenters. The smallest absolute Gasteiger partial charge is 0.215 e. The van der Waals surface area contributed by atoms with E-state index in [0.29, 0.717) is 12.6 Å². The maximum atomic E-state index is 12.3. The monoisotopic (exact) mass is 262 g/mol. The molecular weight excluding hydrogens is 236 g/mol. The summed E-state index contributed by atoms with van der Waals surface area (Å²) in [5.41, 5.74) is 0. The largest absolute Gasteiger partial charge is 0.313 e. The van der Waals surface area contributed by atoms with Crippen LogP contribution in [0.2, 0.25) is 0 Å². The topological polar surface area (TPSA) is 49.4 Å². The van der Waals surface area contributed by atoms with Gasteiger partial charge in [0.1, 0.15) is 0 Å². The van der Waals surface area contributed by atoms with E-state index < -0.39 is 10.0 Å². The van der Waals surface area contributed by atoms with E-state index in [1.807, 2.05) is 27.7 Å². The number of nitrogens with one attached hydrogen (secondary N) is 1. The van der Waals surface area contributed by atoms with Crippen molar-refractivity contribution < 1.29 is 8.42 Å². The quantitative estimate of drug-likeness (QED) is 0.818. The van der Waals surface area contributed by atoms with Crippen LogP contribution in [0.4, 0.5) is 0 Å². The van der Waals surface area contributed by atoms with E-state index in [2.05, 4.69) is 5.32 Å². The molecule has 0 aromatic carbocycles. The van der Waals surface area contributed by atoms with Gasteiger partial charge in [-0.2, -0.15) is 4.31 Å². The van der Waals surface area contributed by atoms with E-state index in [0.717, 1.165) is 19.3 Å². The minimum absolute atomic E-state index is 0.155. The zero-order valence-electron chi connectivity index (χ0n) is 11.4. The summed E-state index contributed by atoms with van der Waals surface area (Å²) in [7, 11) is -3.11. The summed E-state index contributed by atoms with van der Waals surface area (Å²) in [5.74, 6) is 0.208. The van der Waals surface area contributed by atoms with E-state index in [1.54, 1.807) is 4.31 Å². The second-order valence-electron chi connectivity index (χ2n) is 5.38. The van der Waals surface area contributed by atoms with E-state index in [9.17, 15) is 8.42 Å². The van der Waals surface area contributed by atoms with Gasteiger partial charge in [0.15, 0.2) is 0 Å². The standard InChI is InChI=1S/C12H26N2O2S/c1-10(2)13-8-9-17(15,16)14-11(3)6-5-7-12(14)4/h10-13H,5-9H2,1-4H3/t11-,12+. The van der Waals surface area contributed by atoms with E-state index in [-0.39, 0.29) is 17.8 Å². The molecule has 0 unspecified atom stereocenters. The fourth-order valence-electron chi connectivity index (χ4n) is 2.53. The third kappa shape index (κ3) is 4.23. The van der Waals surface area contributed by atoms with Crippen LogP contribution in [0, 0.1) is 0 Å². The predicted octanol–water partition coefficient (Wildman–Crippen LogP) is 1.58. The Morgan fingerprint density at radius 3 is 2.24 bits per heavy atom. The molecule has 1 rings (SSSR count). The van der Waals surface area contributed by atoms with Crippen molar-refractivity contribution in [2.75, 3.05) is 12.3 Å². The molecule has 102 valence electrons. The first-order chi connectivity index (χ1) is 7.84. The minimum Gasteiger partial charge on any atom is -0.313 e. The van der Waals surface area contributed by atoms with Crippen molar-refractivity contribution in [1.29, 1.82) is 0 Å². The van der Waals surface area contributed by atoms with Gasteiger partial charge in [0.25, 0.3) is 0 Å². The molecule has 0 aliphatic carbocycles. The molecule has 0 amide bonds. The lowest BCUT2D eigenvalue weighted by molar-refractivity contribution is 0.204. The van der Waals surface area contributed by atoms with Gasteiger partial charge in [-0.05, 0) is 26.7 Å². The molecule has 1 aliphatic rings. The number of rotatable bonds is 5. The molecule has 0 saturated carbocycles. The van der Waals surface area contributed by atoms with Crippen LogP contribution in [0.15, 0.2) is 0 Å². The fourth-order valence-corrected chi connectivity index (χ4v) is 4.42. The summed E-state index contributed by atoms with van der Waals surface area (Å²) in [6.45, 7) is 8.62. The number of nitrogens with zero attached hydrogens (tertiary/aromatic N) is 1. The molecule has 0 spiro atoms. The van der Waals surface area contributed by atoms with Crippen molar-refractivity contribution in [3.05, 3.63) is 0 Å². The van der Waals surface area contributed by atoms with Crippen LogP contribution >= 0.6 is 0 Å². The Balaban J connectivity index is 2.61. The highest BCUT2D eigenvalue weighted by Crippen LogP contribution is 2.25. The summed E-state index contributed by atoms with van der Waals surface area (Å²) in [5, 5.41) is 3.16. The molecule has 0 aromatic heterocycles. The minimum atomic E-state index is -3.11. The van der Waals surface area contributed by atoms with Crippen molar-refractivity contribution >= 4 is 10.0 Å².